The molecule has 0 aliphatic carbocycles. The van der Waals surface area contributed by atoms with E-state index in [9.17, 15) is 5.26 Å². The number of fused-ring (bicyclic) bond motifs is 2. The molecule has 3 aliphatic heterocycles. The lowest BCUT2D eigenvalue weighted by atomic mass is 9.95. The number of rotatable bonds is 9. The zero-order valence-corrected chi connectivity index (χ0v) is 32.9. The van der Waals surface area contributed by atoms with Gasteiger partial charge in [-0.1, -0.05) is 34.8 Å². The second-order valence-corrected chi connectivity index (χ2v) is 17.1. The summed E-state index contributed by atoms with van der Waals surface area (Å²) in [5, 5.41) is 21.4. The fourth-order valence-electron chi connectivity index (χ4n) is 7.37. The van der Waals surface area contributed by atoms with E-state index in [-0.39, 0.29) is 32.9 Å². The Balaban J connectivity index is 1.25. The van der Waals surface area contributed by atoms with Gasteiger partial charge in [0.1, 0.15) is 6.07 Å². The topological polar surface area (TPSA) is 132 Å². The number of pyridine rings is 1. The number of benzene rings is 2. The average molecular weight is 799 g/mol. The lowest BCUT2D eigenvalue weighted by Crippen LogP contribution is -2.51. The van der Waals surface area contributed by atoms with Gasteiger partial charge in [-0.25, -0.2) is 10.2 Å². The van der Waals surface area contributed by atoms with Crippen LogP contribution in [0.4, 0.5) is 21.5 Å². The Kier molecular flexibility index (Phi) is 11.0. The molecule has 3 aliphatic rings. The summed E-state index contributed by atoms with van der Waals surface area (Å²) < 4.78 is 20.7. The van der Waals surface area contributed by atoms with Crippen molar-refractivity contribution in [1.29, 1.82) is 5.26 Å². The van der Waals surface area contributed by atoms with Crippen molar-refractivity contribution in [3.05, 3.63) is 90.2 Å². The van der Waals surface area contributed by atoms with Crippen molar-refractivity contribution in [3.8, 4) is 6.07 Å². The molecule has 10 nitrogen and oxygen atoms in total. The highest BCUT2D eigenvalue weighted by Crippen LogP contribution is 2.41. The third-order valence-electron chi connectivity index (χ3n) is 10.6. The maximum absolute atomic E-state index is 15.2. The van der Waals surface area contributed by atoms with Crippen molar-refractivity contribution in [2.75, 3.05) is 43.5 Å². The van der Waals surface area contributed by atoms with E-state index in [1.807, 2.05) is 12.3 Å². The van der Waals surface area contributed by atoms with Crippen LogP contribution in [0.1, 0.15) is 61.2 Å². The van der Waals surface area contributed by atoms with Crippen molar-refractivity contribution >= 4 is 74.1 Å². The van der Waals surface area contributed by atoms with E-state index in [0.717, 1.165) is 64.2 Å². The number of hydrazine groups is 1. The molecule has 0 amide bonds. The second kappa shape index (κ2) is 15.4. The van der Waals surface area contributed by atoms with E-state index < -0.39 is 11.9 Å². The molecule has 4 aromatic rings. The van der Waals surface area contributed by atoms with Crippen LogP contribution in [-0.4, -0.2) is 70.3 Å². The summed E-state index contributed by atoms with van der Waals surface area (Å²) in [6, 6.07) is 8.87. The number of hydrogen-bond acceptors (Lipinski definition) is 11. The fourth-order valence-corrected chi connectivity index (χ4v) is 9.10. The number of nitrogens with one attached hydrogen (secondary N) is 2. The predicted molar refractivity (Wildman–Crippen MR) is 213 cm³/mol. The van der Waals surface area contributed by atoms with Gasteiger partial charge in [0.2, 0.25) is 0 Å². The van der Waals surface area contributed by atoms with Gasteiger partial charge in [0, 0.05) is 66.1 Å². The molecule has 6 N–H and O–H groups in total. The number of hydrogen-bond donors (Lipinski definition) is 4. The third kappa shape index (κ3) is 7.77. The smallest absolute Gasteiger partial charge is 0.166 e. The van der Waals surface area contributed by atoms with E-state index in [4.69, 9.17) is 51.1 Å². The summed E-state index contributed by atoms with van der Waals surface area (Å²) in [4.78, 5) is 10.8. The number of nitrogens with two attached hydrogens (primary N) is 2. The van der Waals surface area contributed by atoms with Crippen LogP contribution in [0.3, 0.4) is 0 Å². The number of aromatic nitrogens is 1. The number of nitriles is 1. The Morgan fingerprint density at radius 2 is 1.92 bits per heavy atom. The van der Waals surface area contributed by atoms with Crippen LogP contribution >= 0.6 is 46.1 Å². The van der Waals surface area contributed by atoms with Gasteiger partial charge in [0.15, 0.2) is 5.82 Å². The third-order valence-corrected chi connectivity index (χ3v) is 12.7. The van der Waals surface area contributed by atoms with Gasteiger partial charge in [-0.3, -0.25) is 14.8 Å². The molecule has 1 atom stereocenters. The molecule has 2 aromatic heterocycles. The Labute approximate surface area is 328 Å². The standard InChI is InChI=1S/C38H43Cl3FN9OS/c1-38(2,3)50-10-6-23(7-11-50)51(45)16-30(44)37(27-20-53-32-17-49(9-8-25(27)32)24-18-52-19-24)47-22-12-26-35(21(14-43)15-46-36(26)29(40)13-22)48-31-5-4-28(39)33(41)34(31)42/h4-5,12-13,15-16,20,23-24,37,47H,6-11,17-19,44-45H2,1-3H3,(H,46,48). The van der Waals surface area contributed by atoms with Gasteiger partial charge >= 0.3 is 0 Å². The molecule has 2 saturated heterocycles. The molecule has 0 saturated carbocycles. The maximum atomic E-state index is 15.2. The summed E-state index contributed by atoms with van der Waals surface area (Å²) in [5.41, 5.74) is 11.7. The van der Waals surface area contributed by atoms with Crippen molar-refractivity contribution < 1.29 is 9.13 Å². The summed E-state index contributed by atoms with van der Waals surface area (Å²) in [6.45, 7) is 12.0. The normalized spacial score (nSPS) is 18.4. The van der Waals surface area contributed by atoms with Crippen LogP contribution in [0, 0.1) is 17.1 Å². The van der Waals surface area contributed by atoms with Crippen molar-refractivity contribution in [3.63, 3.8) is 0 Å². The highest BCUT2D eigenvalue weighted by Gasteiger charge is 2.33. The van der Waals surface area contributed by atoms with Gasteiger partial charge in [-0.15, -0.1) is 11.3 Å². The molecule has 0 bridgehead atoms. The van der Waals surface area contributed by atoms with Crippen LogP contribution in [0.15, 0.2) is 47.7 Å². The van der Waals surface area contributed by atoms with E-state index in [1.54, 1.807) is 22.4 Å². The molecule has 280 valence electrons. The maximum Gasteiger partial charge on any atom is 0.166 e. The first-order chi connectivity index (χ1) is 25.3. The van der Waals surface area contributed by atoms with E-state index in [0.29, 0.717) is 39.0 Å². The zero-order chi connectivity index (χ0) is 37.6. The van der Waals surface area contributed by atoms with Crippen LogP contribution in [0.2, 0.25) is 15.1 Å². The number of ether oxygens (including phenoxy) is 1. The van der Waals surface area contributed by atoms with Crippen LogP contribution in [0.5, 0.6) is 0 Å². The van der Waals surface area contributed by atoms with Crippen LogP contribution in [0.25, 0.3) is 10.9 Å². The zero-order valence-electron chi connectivity index (χ0n) is 29.9. The molecule has 2 aromatic carbocycles. The molecule has 53 heavy (non-hydrogen) atoms. The number of halogens is 4. The van der Waals surface area contributed by atoms with E-state index in [1.165, 1.54) is 28.8 Å². The SMILES string of the molecule is CC(C)(C)N1CCC(N(N)C=C(N)C(Nc2cc(Cl)c3ncc(C#N)c(Nc4ccc(Cl)c(Cl)c4F)c3c2)c2csc3c2CCN(C2COC2)C3)CC1. The summed E-state index contributed by atoms with van der Waals surface area (Å²) in [6.07, 6.45) is 5.99. The first-order valence-corrected chi connectivity index (χ1v) is 19.7. The van der Waals surface area contributed by atoms with Crippen molar-refractivity contribution in [1.82, 2.24) is 19.8 Å². The molecule has 15 heteroatoms. The molecule has 1 unspecified atom stereocenters. The molecular formula is C38H43Cl3FN9OS. The monoisotopic (exact) mass is 797 g/mol. The van der Waals surface area contributed by atoms with E-state index in [2.05, 4.69) is 57.6 Å². The van der Waals surface area contributed by atoms with Crippen molar-refractivity contribution in [2.24, 2.45) is 11.6 Å². The van der Waals surface area contributed by atoms with Crippen LogP contribution in [-0.2, 0) is 17.7 Å². The summed E-state index contributed by atoms with van der Waals surface area (Å²) in [5.74, 6) is 6.01. The van der Waals surface area contributed by atoms with Gasteiger partial charge in [-0.05, 0) is 80.8 Å². The van der Waals surface area contributed by atoms with Crippen molar-refractivity contribution in [2.45, 2.75) is 70.2 Å². The minimum absolute atomic E-state index is 0.0479. The number of piperidine rings is 1. The number of thiophene rings is 1. The average Bonchev–Trinajstić information content (AvgIpc) is 3.52. The Morgan fingerprint density at radius 1 is 1.17 bits per heavy atom. The summed E-state index contributed by atoms with van der Waals surface area (Å²) in [7, 11) is 0. The van der Waals surface area contributed by atoms with Crippen LogP contribution < -0.4 is 22.2 Å². The quantitative estimate of drug-likeness (QED) is 0.0748. The van der Waals surface area contributed by atoms with Gasteiger partial charge in [0.05, 0.1) is 68.5 Å². The molecule has 2 fully saturated rings. The lowest BCUT2D eigenvalue weighted by molar-refractivity contribution is -0.0691. The minimum atomic E-state index is -0.743. The van der Waals surface area contributed by atoms with Gasteiger partial charge in [-0.2, -0.15) is 5.26 Å². The lowest BCUT2D eigenvalue weighted by Gasteiger charge is -2.42. The Morgan fingerprint density at radius 3 is 2.60 bits per heavy atom. The van der Waals surface area contributed by atoms with E-state index >= 15 is 4.39 Å². The number of anilines is 3. The first-order valence-electron chi connectivity index (χ1n) is 17.7. The Hall–Kier alpha value is -3.38. The second-order valence-electron chi connectivity index (χ2n) is 14.9. The number of nitrogens with zero attached hydrogens (tertiary/aromatic N) is 5. The van der Waals surface area contributed by atoms with Gasteiger partial charge in [0.25, 0.3) is 0 Å². The predicted octanol–water partition coefficient (Wildman–Crippen LogP) is 8.16. The molecular weight excluding hydrogens is 756 g/mol. The Bertz CT molecular complexity index is 2090. The largest absolute Gasteiger partial charge is 0.399 e. The number of likely N-dealkylation sites (tertiary alicyclic amines) is 1. The summed E-state index contributed by atoms with van der Waals surface area (Å²) >= 11 is 20.8. The molecule has 7 rings (SSSR count). The molecule has 0 spiro atoms. The fraction of sp³-hybridized carbons (Fsp3) is 0.421. The highest BCUT2D eigenvalue weighted by atomic mass is 35.5. The first kappa shape index (κ1) is 37.9. The highest BCUT2D eigenvalue weighted by molar-refractivity contribution is 7.10. The van der Waals surface area contributed by atoms with Gasteiger partial charge < -0.3 is 26.1 Å². The minimum Gasteiger partial charge on any atom is -0.399 e. The molecule has 5 heterocycles. The molecule has 0 radical (unpaired) electrons.